The molecular formula is C25H29N3O2. The van der Waals surface area contributed by atoms with Crippen LogP contribution in [0.4, 0.5) is 0 Å². The molecule has 2 aliphatic rings. The molecule has 1 amide bonds. The van der Waals surface area contributed by atoms with Crippen LogP contribution < -0.4 is 5.32 Å². The van der Waals surface area contributed by atoms with Crippen molar-refractivity contribution in [2.75, 3.05) is 13.1 Å². The second-order valence-electron chi connectivity index (χ2n) is 8.81. The van der Waals surface area contributed by atoms with E-state index in [1.807, 2.05) is 36.4 Å². The first-order valence-corrected chi connectivity index (χ1v) is 11.2. The van der Waals surface area contributed by atoms with Crippen molar-refractivity contribution in [1.82, 2.24) is 15.2 Å². The van der Waals surface area contributed by atoms with Crippen molar-refractivity contribution in [2.24, 2.45) is 5.92 Å². The Kier molecular flexibility index (Phi) is 5.54. The van der Waals surface area contributed by atoms with E-state index < -0.39 is 0 Å². The molecule has 1 saturated heterocycles. The molecule has 0 bridgehead atoms. The summed E-state index contributed by atoms with van der Waals surface area (Å²) in [6, 6.07) is 14.3. The molecule has 0 spiro atoms. The van der Waals surface area contributed by atoms with Crippen LogP contribution in [-0.2, 0) is 0 Å². The lowest BCUT2D eigenvalue weighted by Gasteiger charge is -2.29. The number of benzene rings is 2. The Bertz CT molecular complexity index is 995. The predicted molar refractivity (Wildman–Crippen MR) is 117 cm³/mol. The van der Waals surface area contributed by atoms with E-state index in [9.17, 15) is 4.79 Å². The highest BCUT2D eigenvalue weighted by Crippen LogP contribution is 2.34. The normalized spacial score (nSPS) is 23.1. The van der Waals surface area contributed by atoms with Crippen molar-refractivity contribution in [3.63, 3.8) is 0 Å². The van der Waals surface area contributed by atoms with Gasteiger partial charge in [-0.3, -0.25) is 9.69 Å². The van der Waals surface area contributed by atoms with Gasteiger partial charge in [0, 0.05) is 24.7 Å². The third kappa shape index (κ3) is 4.12. The molecule has 3 aromatic rings. The smallest absolute Gasteiger partial charge is 0.251 e. The molecule has 5 heteroatoms. The average molecular weight is 404 g/mol. The van der Waals surface area contributed by atoms with E-state index in [4.69, 9.17) is 4.42 Å². The molecule has 2 atom stereocenters. The van der Waals surface area contributed by atoms with Crippen molar-refractivity contribution < 1.29 is 9.21 Å². The van der Waals surface area contributed by atoms with E-state index in [1.54, 1.807) is 12.5 Å². The van der Waals surface area contributed by atoms with Gasteiger partial charge < -0.3 is 9.73 Å². The van der Waals surface area contributed by atoms with Gasteiger partial charge in [-0.15, -0.1) is 0 Å². The van der Waals surface area contributed by atoms with Crippen LogP contribution in [0.25, 0.3) is 10.8 Å². The Morgan fingerprint density at radius 2 is 1.93 bits per heavy atom. The minimum atomic E-state index is -0.00331. The number of carbonyl (C=O) groups excluding carboxylic acids is 1. The van der Waals surface area contributed by atoms with Crippen LogP contribution in [0.5, 0.6) is 0 Å². The first-order chi connectivity index (χ1) is 14.8. The second-order valence-corrected chi connectivity index (χ2v) is 8.81. The van der Waals surface area contributed by atoms with Gasteiger partial charge in [-0.05, 0) is 48.1 Å². The van der Waals surface area contributed by atoms with Gasteiger partial charge in [0.15, 0.2) is 0 Å². The predicted octanol–water partition coefficient (Wildman–Crippen LogP) is 4.95. The summed E-state index contributed by atoms with van der Waals surface area (Å²) < 4.78 is 5.66. The summed E-state index contributed by atoms with van der Waals surface area (Å²) in [4.78, 5) is 19.9. The SMILES string of the molecule is O=C(NC1CC(c2ncco2)N(CC2CCCCC2)C1)c1ccc2ccccc2c1. The second kappa shape index (κ2) is 8.60. The molecule has 2 aromatic carbocycles. The molecule has 5 rings (SSSR count). The molecule has 1 aliphatic heterocycles. The maximum absolute atomic E-state index is 13.0. The largest absolute Gasteiger partial charge is 0.447 e. The van der Waals surface area contributed by atoms with Crippen LogP contribution in [0.2, 0.25) is 0 Å². The third-order valence-electron chi connectivity index (χ3n) is 6.70. The van der Waals surface area contributed by atoms with E-state index >= 15 is 0 Å². The van der Waals surface area contributed by atoms with Crippen molar-refractivity contribution in [1.29, 1.82) is 0 Å². The number of fused-ring (bicyclic) bond motifs is 1. The Morgan fingerprint density at radius 3 is 2.73 bits per heavy atom. The zero-order valence-electron chi connectivity index (χ0n) is 17.3. The number of nitrogens with zero attached hydrogens (tertiary/aromatic N) is 2. The number of carbonyl (C=O) groups is 1. The van der Waals surface area contributed by atoms with Crippen LogP contribution in [0.15, 0.2) is 59.3 Å². The topological polar surface area (TPSA) is 58.4 Å². The lowest BCUT2D eigenvalue weighted by atomic mass is 9.89. The van der Waals surface area contributed by atoms with Gasteiger partial charge in [-0.1, -0.05) is 49.6 Å². The number of nitrogens with one attached hydrogen (secondary N) is 1. The third-order valence-corrected chi connectivity index (χ3v) is 6.70. The van der Waals surface area contributed by atoms with Gasteiger partial charge in [0.05, 0.1) is 12.2 Å². The van der Waals surface area contributed by atoms with Crippen LogP contribution in [0.3, 0.4) is 0 Å². The molecular weight excluding hydrogens is 374 g/mol. The van der Waals surface area contributed by atoms with Crippen molar-refractivity contribution in [3.05, 3.63) is 66.4 Å². The fraction of sp³-hybridized carbons (Fsp3) is 0.440. The number of aromatic nitrogens is 1. The number of hydrogen-bond donors (Lipinski definition) is 1. The summed E-state index contributed by atoms with van der Waals surface area (Å²) in [5, 5.41) is 5.51. The lowest BCUT2D eigenvalue weighted by Crippen LogP contribution is -2.38. The molecule has 1 aliphatic carbocycles. The first kappa shape index (κ1) is 19.3. The zero-order chi connectivity index (χ0) is 20.3. The summed E-state index contributed by atoms with van der Waals surface area (Å²) in [5.74, 6) is 1.51. The Labute approximate surface area is 177 Å². The highest BCUT2D eigenvalue weighted by atomic mass is 16.3. The fourth-order valence-corrected chi connectivity index (χ4v) is 5.17. The van der Waals surface area contributed by atoms with Crippen LogP contribution in [-0.4, -0.2) is 34.9 Å². The van der Waals surface area contributed by atoms with E-state index in [2.05, 4.69) is 21.3 Å². The van der Waals surface area contributed by atoms with Crippen LogP contribution >= 0.6 is 0 Å². The number of likely N-dealkylation sites (tertiary alicyclic amines) is 1. The van der Waals surface area contributed by atoms with Crippen LogP contribution in [0.1, 0.15) is 60.8 Å². The summed E-state index contributed by atoms with van der Waals surface area (Å²) in [5.41, 5.74) is 0.715. The molecule has 30 heavy (non-hydrogen) atoms. The monoisotopic (exact) mass is 403 g/mol. The number of hydrogen-bond acceptors (Lipinski definition) is 4. The fourth-order valence-electron chi connectivity index (χ4n) is 5.17. The molecule has 2 fully saturated rings. The highest BCUT2D eigenvalue weighted by molar-refractivity contribution is 5.98. The van der Waals surface area contributed by atoms with E-state index in [0.717, 1.165) is 42.1 Å². The Balaban J connectivity index is 1.29. The molecule has 5 nitrogen and oxygen atoms in total. The first-order valence-electron chi connectivity index (χ1n) is 11.2. The van der Waals surface area contributed by atoms with E-state index in [0.29, 0.717) is 5.56 Å². The average Bonchev–Trinajstić information content (AvgIpc) is 3.44. The summed E-state index contributed by atoms with van der Waals surface area (Å²) in [6.07, 6.45) is 10.9. The molecule has 156 valence electrons. The van der Waals surface area contributed by atoms with Gasteiger partial charge in [-0.2, -0.15) is 0 Å². The van der Waals surface area contributed by atoms with E-state index in [1.165, 1.54) is 32.1 Å². The van der Waals surface area contributed by atoms with Crippen LogP contribution in [0, 0.1) is 5.92 Å². The zero-order valence-corrected chi connectivity index (χ0v) is 17.3. The number of rotatable bonds is 5. The molecule has 2 heterocycles. The Morgan fingerprint density at radius 1 is 1.10 bits per heavy atom. The van der Waals surface area contributed by atoms with Gasteiger partial charge >= 0.3 is 0 Å². The van der Waals surface area contributed by atoms with Crippen molar-refractivity contribution in [3.8, 4) is 0 Å². The molecule has 0 radical (unpaired) electrons. The summed E-state index contributed by atoms with van der Waals surface area (Å²) in [6.45, 7) is 1.91. The number of oxazole rings is 1. The molecule has 1 saturated carbocycles. The maximum Gasteiger partial charge on any atom is 0.251 e. The quantitative estimate of drug-likeness (QED) is 0.655. The van der Waals surface area contributed by atoms with Crippen molar-refractivity contribution >= 4 is 16.7 Å². The highest BCUT2D eigenvalue weighted by Gasteiger charge is 2.37. The lowest BCUT2D eigenvalue weighted by molar-refractivity contribution is 0.0937. The van der Waals surface area contributed by atoms with Gasteiger partial charge in [-0.25, -0.2) is 4.98 Å². The maximum atomic E-state index is 13.0. The van der Waals surface area contributed by atoms with Gasteiger partial charge in [0.2, 0.25) is 5.89 Å². The molecule has 1 N–H and O–H groups in total. The van der Waals surface area contributed by atoms with E-state index in [-0.39, 0.29) is 18.0 Å². The number of amides is 1. The standard InChI is InChI=1S/C25H29N3O2/c29-24(21-11-10-19-8-4-5-9-20(19)14-21)27-22-15-23(25-26-12-13-30-25)28(17-22)16-18-6-2-1-3-7-18/h4-5,8-14,18,22-23H,1-3,6-7,15-17H2,(H,27,29). The minimum absolute atomic E-state index is 0.00331. The van der Waals surface area contributed by atoms with Gasteiger partial charge in [0.1, 0.15) is 6.26 Å². The Hall–Kier alpha value is -2.66. The summed E-state index contributed by atoms with van der Waals surface area (Å²) in [7, 11) is 0. The van der Waals surface area contributed by atoms with Gasteiger partial charge in [0.25, 0.3) is 5.91 Å². The minimum Gasteiger partial charge on any atom is -0.447 e. The van der Waals surface area contributed by atoms with Crippen molar-refractivity contribution in [2.45, 2.75) is 50.6 Å². The molecule has 2 unspecified atom stereocenters. The summed E-state index contributed by atoms with van der Waals surface area (Å²) >= 11 is 0. The molecule has 1 aromatic heterocycles.